The minimum Gasteiger partial charge on any atom is -0.324 e. The molecule has 0 fully saturated rings. The molecule has 0 radical (unpaired) electrons. The summed E-state index contributed by atoms with van der Waals surface area (Å²) in [5, 5.41) is 11.5. The molecule has 0 spiro atoms. The molecular formula is C18H20N4O2. The maximum Gasteiger partial charge on any atom is 0.321 e. The van der Waals surface area contributed by atoms with Crippen molar-refractivity contribution in [1.82, 2.24) is 9.47 Å². The minimum absolute atomic E-state index is 0.0722. The van der Waals surface area contributed by atoms with Crippen molar-refractivity contribution < 1.29 is 4.79 Å². The van der Waals surface area contributed by atoms with E-state index in [1.807, 2.05) is 25.1 Å². The molecule has 1 N–H and O–H groups in total. The Kier molecular flexibility index (Phi) is 5.74. The second kappa shape index (κ2) is 7.97. The first kappa shape index (κ1) is 17.3. The van der Waals surface area contributed by atoms with Crippen LogP contribution in [0.3, 0.4) is 0 Å². The van der Waals surface area contributed by atoms with Gasteiger partial charge in [0.15, 0.2) is 0 Å². The monoisotopic (exact) mass is 324 g/mol. The maximum absolute atomic E-state index is 12.2. The standard InChI is InChI=1S/C18H20N4O2/c1-14(9-10-19)21(2)18(24)20-16-7-5-6-15(12-16)13-22-11-4-3-8-17(22)23/h3-8,11-12,14H,9,13H2,1-2H3,(H,20,24). The van der Waals surface area contributed by atoms with E-state index in [9.17, 15) is 9.59 Å². The van der Waals surface area contributed by atoms with Crippen molar-refractivity contribution in [2.75, 3.05) is 12.4 Å². The van der Waals surface area contributed by atoms with Gasteiger partial charge in [0.05, 0.1) is 19.0 Å². The van der Waals surface area contributed by atoms with Crippen molar-refractivity contribution in [2.24, 2.45) is 0 Å². The van der Waals surface area contributed by atoms with Crippen molar-refractivity contribution >= 4 is 11.7 Å². The van der Waals surface area contributed by atoms with E-state index in [0.29, 0.717) is 12.2 Å². The Bertz CT molecular complexity index is 807. The molecule has 1 heterocycles. The summed E-state index contributed by atoms with van der Waals surface area (Å²) >= 11 is 0. The molecule has 0 aliphatic heterocycles. The first-order valence-electron chi connectivity index (χ1n) is 7.66. The van der Waals surface area contributed by atoms with Crippen LogP contribution in [0.4, 0.5) is 10.5 Å². The molecule has 2 aromatic rings. The van der Waals surface area contributed by atoms with Gasteiger partial charge in [0.25, 0.3) is 5.56 Å². The Balaban J connectivity index is 2.08. The smallest absolute Gasteiger partial charge is 0.321 e. The summed E-state index contributed by atoms with van der Waals surface area (Å²) in [5.41, 5.74) is 1.49. The van der Waals surface area contributed by atoms with Crippen LogP contribution in [-0.4, -0.2) is 28.6 Å². The fourth-order valence-corrected chi connectivity index (χ4v) is 2.22. The summed E-state index contributed by atoms with van der Waals surface area (Å²) < 4.78 is 1.60. The zero-order valence-corrected chi connectivity index (χ0v) is 13.8. The topological polar surface area (TPSA) is 78.1 Å². The molecule has 124 valence electrons. The molecule has 1 atom stereocenters. The van der Waals surface area contributed by atoms with Crippen molar-refractivity contribution in [1.29, 1.82) is 5.26 Å². The number of urea groups is 1. The Morgan fingerprint density at radius 1 is 1.33 bits per heavy atom. The van der Waals surface area contributed by atoms with Crippen LogP contribution in [0.1, 0.15) is 18.9 Å². The van der Waals surface area contributed by atoms with Crippen LogP contribution in [0, 0.1) is 11.3 Å². The van der Waals surface area contributed by atoms with Crippen molar-refractivity contribution in [2.45, 2.75) is 25.9 Å². The number of nitriles is 1. The number of nitrogens with one attached hydrogen (secondary N) is 1. The molecule has 6 nitrogen and oxygen atoms in total. The highest BCUT2D eigenvalue weighted by atomic mass is 16.2. The average Bonchev–Trinajstić information content (AvgIpc) is 2.57. The lowest BCUT2D eigenvalue weighted by Gasteiger charge is -2.23. The number of benzene rings is 1. The lowest BCUT2D eigenvalue weighted by atomic mass is 10.2. The molecule has 1 aromatic heterocycles. The average molecular weight is 324 g/mol. The summed E-state index contributed by atoms with van der Waals surface area (Å²) in [5.74, 6) is 0. The Morgan fingerprint density at radius 3 is 2.83 bits per heavy atom. The van der Waals surface area contributed by atoms with Gasteiger partial charge in [0, 0.05) is 31.0 Å². The fraction of sp³-hybridized carbons (Fsp3) is 0.278. The summed E-state index contributed by atoms with van der Waals surface area (Å²) in [6.07, 6.45) is 2.01. The summed E-state index contributed by atoms with van der Waals surface area (Å²) in [6.45, 7) is 2.26. The largest absolute Gasteiger partial charge is 0.324 e. The highest BCUT2D eigenvalue weighted by molar-refractivity contribution is 5.89. The molecule has 0 aliphatic carbocycles. The molecule has 2 amide bonds. The predicted octanol–water partition coefficient (Wildman–Crippen LogP) is 2.66. The van der Waals surface area contributed by atoms with Gasteiger partial charge in [-0.05, 0) is 30.7 Å². The molecule has 0 bridgehead atoms. The second-order valence-corrected chi connectivity index (χ2v) is 5.62. The summed E-state index contributed by atoms with van der Waals surface area (Å²) in [4.78, 5) is 25.5. The first-order valence-corrected chi connectivity index (χ1v) is 7.66. The lowest BCUT2D eigenvalue weighted by molar-refractivity contribution is 0.208. The third-order valence-electron chi connectivity index (χ3n) is 3.80. The van der Waals surface area contributed by atoms with Crippen molar-refractivity contribution in [3.63, 3.8) is 0 Å². The van der Waals surface area contributed by atoms with Gasteiger partial charge in [-0.3, -0.25) is 4.79 Å². The number of hydrogen-bond donors (Lipinski definition) is 1. The van der Waals surface area contributed by atoms with E-state index in [-0.39, 0.29) is 24.1 Å². The van der Waals surface area contributed by atoms with E-state index < -0.39 is 0 Å². The quantitative estimate of drug-likeness (QED) is 0.918. The molecule has 1 unspecified atom stereocenters. The Hall–Kier alpha value is -3.07. The molecule has 6 heteroatoms. The number of pyridine rings is 1. The minimum atomic E-state index is -0.272. The van der Waals surface area contributed by atoms with Crippen LogP contribution in [0.2, 0.25) is 0 Å². The Morgan fingerprint density at radius 2 is 2.12 bits per heavy atom. The number of aromatic nitrogens is 1. The number of rotatable bonds is 5. The molecular weight excluding hydrogens is 304 g/mol. The number of anilines is 1. The molecule has 0 saturated heterocycles. The highest BCUT2D eigenvalue weighted by Gasteiger charge is 2.15. The molecule has 1 aromatic carbocycles. The molecule has 2 rings (SSSR count). The maximum atomic E-state index is 12.2. The van der Waals surface area contributed by atoms with Gasteiger partial charge >= 0.3 is 6.03 Å². The SMILES string of the molecule is CC(CC#N)N(C)C(=O)Nc1cccc(Cn2ccccc2=O)c1. The third kappa shape index (κ3) is 4.46. The number of hydrogen-bond acceptors (Lipinski definition) is 3. The van der Waals surface area contributed by atoms with Gasteiger partial charge in [-0.25, -0.2) is 4.79 Å². The lowest BCUT2D eigenvalue weighted by Crippen LogP contribution is -2.38. The van der Waals surface area contributed by atoms with Gasteiger partial charge in [0.1, 0.15) is 0 Å². The number of carbonyl (C=O) groups excluding carboxylic acids is 1. The molecule has 24 heavy (non-hydrogen) atoms. The summed E-state index contributed by atoms with van der Waals surface area (Å²) in [7, 11) is 1.66. The fourth-order valence-electron chi connectivity index (χ4n) is 2.22. The van der Waals surface area contributed by atoms with Crippen LogP contribution in [-0.2, 0) is 6.54 Å². The zero-order valence-electron chi connectivity index (χ0n) is 13.8. The number of carbonyl (C=O) groups is 1. The van der Waals surface area contributed by atoms with E-state index >= 15 is 0 Å². The Labute approximate surface area is 140 Å². The van der Waals surface area contributed by atoms with Gasteiger partial charge < -0.3 is 14.8 Å². The van der Waals surface area contributed by atoms with Crippen molar-refractivity contribution in [3.05, 3.63) is 64.6 Å². The van der Waals surface area contributed by atoms with Crippen molar-refractivity contribution in [3.8, 4) is 6.07 Å². The van der Waals surface area contributed by atoms with Gasteiger partial charge in [-0.2, -0.15) is 5.26 Å². The van der Waals surface area contributed by atoms with E-state index in [1.54, 1.807) is 36.0 Å². The van der Waals surface area contributed by atoms with Gasteiger partial charge in [0.2, 0.25) is 0 Å². The number of amides is 2. The first-order chi connectivity index (χ1) is 11.5. The number of nitrogens with zero attached hydrogens (tertiary/aromatic N) is 3. The predicted molar refractivity (Wildman–Crippen MR) is 92.7 cm³/mol. The molecule has 0 aliphatic rings. The molecule has 0 saturated carbocycles. The van der Waals surface area contributed by atoms with Crippen LogP contribution >= 0.6 is 0 Å². The van der Waals surface area contributed by atoms with Crippen LogP contribution < -0.4 is 10.9 Å². The summed E-state index contributed by atoms with van der Waals surface area (Å²) in [6, 6.07) is 14.0. The van der Waals surface area contributed by atoms with E-state index in [2.05, 4.69) is 11.4 Å². The van der Waals surface area contributed by atoms with E-state index in [0.717, 1.165) is 5.56 Å². The van der Waals surface area contributed by atoms with Crippen LogP contribution in [0.15, 0.2) is 53.5 Å². The highest BCUT2D eigenvalue weighted by Crippen LogP contribution is 2.13. The van der Waals surface area contributed by atoms with Gasteiger partial charge in [-0.1, -0.05) is 18.2 Å². The second-order valence-electron chi connectivity index (χ2n) is 5.62. The van der Waals surface area contributed by atoms with Crippen LogP contribution in [0.5, 0.6) is 0 Å². The van der Waals surface area contributed by atoms with E-state index in [1.165, 1.54) is 11.0 Å². The zero-order chi connectivity index (χ0) is 17.5. The van der Waals surface area contributed by atoms with Crippen LogP contribution in [0.25, 0.3) is 0 Å². The third-order valence-corrected chi connectivity index (χ3v) is 3.80. The van der Waals surface area contributed by atoms with E-state index in [4.69, 9.17) is 5.26 Å². The van der Waals surface area contributed by atoms with Gasteiger partial charge in [-0.15, -0.1) is 0 Å². The normalized spacial score (nSPS) is 11.4.